The number of rotatable bonds is 4. The summed E-state index contributed by atoms with van der Waals surface area (Å²) in [7, 11) is 0. The predicted octanol–water partition coefficient (Wildman–Crippen LogP) is 6.79. The van der Waals surface area contributed by atoms with Crippen molar-refractivity contribution in [3.8, 4) is 0 Å². The molecule has 152 valence electrons. The van der Waals surface area contributed by atoms with Gasteiger partial charge in [-0.15, -0.1) is 0 Å². The van der Waals surface area contributed by atoms with Gasteiger partial charge in [0.1, 0.15) is 0 Å². The highest BCUT2D eigenvalue weighted by Crippen LogP contribution is 2.36. The summed E-state index contributed by atoms with van der Waals surface area (Å²) < 4.78 is 0. The number of pyridine rings is 1. The van der Waals surface area contributed by atoms with Gasteiger partial charge in [-0.25, -0.2) is 4.99 Å². The average Bonchev–Trinajstić information content (AvgIpc) is 3.09. The van der Waals surface area contributed by atoms with Crippen molar-refractivity contribution in [2.75, 3.05) is 0 Å². The summed E-state index contributed by atoms with van der Waals surface area (Å²) in [5.41, 5.74) is 8.69. The molecule has 0 aliphatic heterocycles. The van der Waals surface area contributed by atoms with E-state index >= 15 is 0 Å². The molecule has 1 aliphatic carbocycles. The Kier molecular flexibility index (Phi) is 4.95. The Morgan fingerprint density at radius 2 is 1.55 bits per heavy atom. The van der Waals surface area contributed by atoms with E-state index in [2.05, 4.69) is 80.4 Å². The van der Waals surface area contributed by atoms with Crippen LogP contribution >= 0.6 is 0 Å². The van der Waals surface area contributed by atoms with Gasteiger partial charge in [0.25, 0.3) is 0 Å². The summed E-state index contributed by atoms with van der Waals surface area (Å²) in [6.45, 7) is 7.11. The van der Waals surface area contributed by atoms with Crippen molar-refractivity contribution in [2.45, 2.75) is 33.2 Å². The van der Waals surface area contributed by atoms with Crippen LogP contribution in [0.15, 0.2) is 89.0 Å². The lowest BCUT2D eigenvalue weighted by molar-refractivity contribution is 0.865. The molecular formula is C28H25N3. The van der Waals surface area contributed by atoms with E-state index in [9.17, 15) is 0 Å². The monoisotopic (exact) mass is 403 g/mol. The molecule has 1 aliphatic rings. The summed E-state index contributed by atoms with van der Waals surface area (Å²) in [5, 5.41) is 2.46. The van der Waals surface area contributed by atoms with E-state index < -0.39 is 0 Å². The van der Waals surface area contributed by atoms with Gasteiger partial charge in [-0.3, -0.25) is 9.98 Å². The molecule has 0 amide bonds. The first-order chi connectivity index (χ1) is 15.1. The molecule has 3 heteroatoms. The van der Waals surface area contributed by atoms with E-state index in [-0.39, 0.29) is 0 Å². The van der Waals surface area contributed by atoms with Crippen molar-refractivity contribution in [2.24, 2.45) is 9.98 Å². The van der Waals surface area contributed by atoms with Crippen LogP contribution in [-0.4, -0.2) is 16.4 Å². The van der Waals surface area contributed by atoms with Crippen molar-refractivity contribution >= 4 is 27.9 Å². The zero-order valence-electron chi connectivity index (χ0n) is 18.1. The second kappa shape index (κ2) is 7.92. The van der Waals surface area contributed by atoms with Crippen molar-refractivity contribution < 1.29 is 0 Å². The third-order valence-corrected chi connectivity index (χ3v) is 5.88. The summed E-state index contributed by atoms with van der Waals surface area (Å²) in [6.07, 6.45) is 1.82. The molecule has 0 fully saturated rings. The number of aromatic nitrogens is 1. The average molecular weight is 404 g/mol. The van der Waals surface area contributed by atoms with Crippen molar-refractivity contribution in [1.82, 2.24) is 4.98 Å². The molecule has 1 heterocycles. The third kappa shape index (κ3) is 3.46. The maximum atomic E-state index is 5.28. The first-order valence-electron chi connectivity index (χ1n) is 10.8. The van der Waals surface area contributed by atoms with Crippen LogP contribution in [0.1, 0.15) is 47.7 Å². The minimum atomic E-state index is 0.396. The normalized spacial score (nSPS) is 15.5. The highest BCUT2D eigenvalue weighted by molar-refractivity contribution is 6.61. The van der Waals surface area contributed by atoms with Gasteiger partial charge in [-0.2, -0.15) is 0 Å². The Bertz CT molecular complexity index is 1330. The number of hydrogen-bond acceptors (Lipinski definition) is 3. The Labute approximate surface area is 183 Å². The smallest absolute Gasteiger partial charge is 0.0974 e. The molecule has 0 saturated heterocycles. The fourth-order valence-corrected chi connectivity index (χ4v) is 4.33. The van der Waals surface area contributed by atoms with Crippen LogP contribution in [0.4, 0.5) is 5.69 Å². The van der Waals surface area contributed by atoms with Crippen LogP contribution in [0.3, 0.4) is 0 Å². The van der Waals surface area contributed by atoms with E-state index in [4.69, 9.17) is 9.98 Å². The molecule has 0 saturated carbocycles. The van der Waals surface area contributed by atoms with Gasteiger partial charge < -0.3 is 0 Å². The Hall–Kier alpha value is -3.59. The SMILES string of the molecule is Cc1cccc(C(C)C)c1N=C1C(=NCc2ccccn2)c2cccc3cccc1c23. The fourth-order valence-electron chi connectivity index (χ4n) is 4.33. The molecule has 0 radical (unpaired) electrons. The van der Waals surface area contributed by atoms with Crippen LogP contribution in [0.2, 0.25) is 0 Å². The lowest BCUT2D eigenvalue weighted by atomic mass is 9.98. The van der Waals surface area contributed by atoms with Gasteiger partial charge in [0.05, 0.1) is 29.3 Å². The van der Waals surface area contributed by atoms with E-state index in [1.54, 1.807) is 0 Å². The molecule has 0 spiro atoms. The Balaban J connectivity index is 1.73. The topological polar surface area (TPSA) is 37.6 Å². The van der Waals surface area contributed by atoms with Crippen LogP contribution in [0.5, 0.6) is 0 Å². The highest BCUT2D eigenvalue weighted by Gasteiger charge is 2.27. The van der Waals surface area contributed by atoms with Gasteiger partial charge in [-0.1, -0.05) is 74.5 Å². The summed E-state index contributed by atoms with van der Waals surface area (Å²) in [6, 6.07) is 25.3. The largest absolute Gasteiger partial charge is 0.276 e. The summed E-state index contributed by atoms with van der Waals surface area (Å²) >= 11 is 0. The van der Waals surface area contributed by atoms with Gasteiger partial charge >= 0.3 is 0 Å². The lowest BCUT2D eigenvalue weighted by Gasteiger charge is -2.13. The van der Waals surface area contributed by atoms with Gasteiger partial charge in [0, 0.05) is 22.7 Å². The molecule has 4 aromatic rings. The first-order valence-corrected chi connectivity index (χ1v) is 10.8. The summed E-state index contributed by atoms with van der Waals surface area (Å²) in [5.74, 6) is 0.396. The standard InChI is InChI=1S/C28H25N3/c1-18(2)22-13-6-9-19(3)26(22)31-28-24-15-8-11-20-10-7-14-23(25(20)24)27(28)30-17-21-12-4-5-16-29-21/h4-16,18H,17H2,1-3H3. The molecule has 1 aromatic heterocycles. The Morgan fingerprint density at radius 3 is 2.26 bits per heavy atom. The molecular weight excluding hydrogens is 378 g/mol. The Morgan fingerprint density at radius 1 is 0.806 bits per heavy atom. The quantitative estimate of drug-likeness (QED) is 0.370. The van der Waals surface area contributed by atoms with Crippen LogP contribution in [0.25, 0.3) is 10.8 Å². The predicted molar refractivity (Wildman–Crippen MR) is 130 cm³/mol. The molecule has 5 rings (SSSR count). The molecule has 0 unspecified atom stereocenters. The fraction of sp³-hybridized carbons (Fsp3) is 0.179. The molecule has 0 bridgehead atoms. The van der Waals surface area contributed by atoms with Crippen LogP contribution < -0.4 is 0 Å². The number of aryl methyl sites for hydroxylation is 1. The van der Waals surface area contributed by atoms with Crippen LogP contribution in [-0.2, 0) is 6.54 Å². The third-order valence-electron chi connectivity index (χ3n) is 5.88. The van der Waals surface area contributed by atoms with Crippen molar-refractivity contribution in [3.05, 3.63) is 107 Å². The van der Waals surface area contributed by atoms with Crippen LogP contribution in [0, 0.1) is 6.92 Å². The number of nitrogens with zero attached hydrogens (tertiary/aromatic N) is 3. The molecule has 3 aromatic carbocycles. The second-order valence-corrected chi connectivity index (χ2v) is 8.32. The van der Waals surface area contributed by atoms with Crippen molar-refractivity contribution in [1.29, 1.82) is 0 Å². The number of hydrogen-bond donors (Lipinski definition) is 0. The van der Waals surface area contributed by atoms with Crippen molar-refractivity contribution in [3.63, 3.8) is 0 Å². The number of benzene rings is 3. The maximum Gasteiger partial charge on any atom is 0.0974 e. The zero-order valence-corrected chi connectivity index (χ0v) is 18.1. The van der Waals surface area contributed by atoms with E-state index in [1.807, 2.05) is 24.4 Å². The minimum Gasteiger partial charge on any atom is -0.276 e. The van der Waals surface area contributed by atoms with Gasteiger partial charge in [-0.05, 0) is 41.5 Å². The molecule has 3 nitrogen and oxygen atoms in total. The lowest BCUT2D eigenvalue weighted by Crippen LogP contribution is -2.11. The van der Waals surface area contributed by atoms with E-state index in [0.717, 1.165) is 33.9 Å². The maximum absolute atomic E-state index is 5.28. The van der Waals surface area contributed by atoms with E-state index in [0.29, 0.717) is 12.5 Å². The minimum absolute atomic E-state index is 0.396. The first kappa shape index (κ1) is 19.4. The molecule has 0 atom stereocenters. The second-order valence-electron chi connectivity index (χ2n) is 8.32. The zero-order chi connectivity index (χ0) is 21.4. The molecule has 0 N–H and O–H groups in total. The van der Waals surface area contributed by atoms with E-state index in [1.165, 1.54) is 21.9 Å². The number of para-hydroxylation sites is 1. The highest BCUT2D eigenvalue weighted by atomic mass is 14.9. The number of aliphatic imine (C=N–C) groups is 2. The van der Waals surface area contributed by atoms with Gasteiger partial charge in [0.15, 0.2) is 0 Å². The molecule has 31 heavy (non-hydrogen) atoms. The van der Waals surface area contributed by atoms with Gasteiger partial charge in [0.2, 0.25) is 0 Å². The summed E-state index contributed by atoms with van der Waals surface area (Å²) in [4.78, 5) is 14.8.